The van der Waals surface area contributed by atoms with Gasteiger partial charge >= 0.3 is 6.55 Å². The molecule has 6 heteroatoms. The first-order chi connectivity index (χ1) is 7.70. The zero-order valence-electron chi connectivity index (χ0n) is 8.05. The number of hydrogen-bond acceptors (Lipinski definition) is 3. The molecule has 2 rings (SSSR count). The fourth-order valence-electron chi connectivity index (χ4n) is 1.25. The van der Waals surface area contributed by atoms with Crippen LogP contribution < -0.4 is 0 Å². The Morgan fingerprint density at radius 1 is 1.38 bits per heavy atom. The maximum Gasteiger partial charge on any atom is 0.333 e. The lowest BCUT2D eigenvalue weighted by atomic mass is 10.2. The molecule has 0 bridgehead atoms. The largest absolute Gasteiger partial charge is 0.333 e. The summed E-state index contributed by atoms with van der Waals surface area (Å²) in [6, 6.07) is 4.79. The van der Waals surface area contributed by atoms with Crippen LogP contribution in [0.15, 0.2) is 30.6 Å². The summed E-state index contributed by atoms with van der Waals surface area (Å²) in [5, 5.41) is 3.49. The van der Waals surface area contributed by atoms with E-state index in [0.717, 1.165) is 0 Å². The van der Waals surface area contributed by atoms with Crippen LogP contribution in [0.25, 0.3) is 11.3 Å². The van der Waals surface area contributed by atoms with Gasteiger partial charge in [0.05, 0.1) is 11.9 Å². The van der Waals surface area contributed by atoms with Crippen LogP contribution in [-0.4, -0.2) is 21.1 Å². The van der Waals surface area contributed by atoms with E-state index in [0.29, 0.717) is 22.2 Å². The molecule has 2 aromatic heterocycles. The Labute approximate surface area is 89.5 Å². The minimum Gasteiger partial charge on any atom is -0.296 e. The number of carbonyl (C=O) groups excluding carboxylic acids is 1. The molecule has 0 amide bonds. The molecular formula is C10H7F2N3O. The Bertz CT molecular complexity index is 510. The molecule has 0 aliphatic heterocycles. The predicted molar refractivity (Wildman–Crippen MR) is 52.1 cm³/mol. The third-order valence-electron chi connectivity index (χ3n) is 1.99. The van der Waals surface area contributed by atoms with Gasteiger partial charge in [-0.3, -0.25) is 4.79 Å². The summed E-state index contributed by atoms with van der Waals surface area (Å²) in [5.41, 5.74) is 1.14. The highest BCUT2D eigenvalue weighted by molar-refractivity contribution is 5.73. The summed E-state index contributed by atoms with van der Waals surface area (Å²) in [6.45, 7) is -2.68. The second-order valence-corrected chi connectivity index (χ2v) is 3.05. The number of aromatic nitrogens is 3. The zero-order chi connectivity index (χ0) is 11.5. The van der Waals surface area contributed by atoms with Gasteiger partial charge in [0.2, 0.25) is 0 Å². The van der Waals surface area contributed by atoms with E-state index in [1.54, 1.807) is 12.1 Å². The Kier molecular flexibility index (Phi) is 2.72. The van der Waals surface area contributed by atoms with E-state index in [2.05, 4.69) is 10.1 Å². The summed E-state index contributed by atoms with van der Waals surface area (Å²) < 4.78 is 25.1. The number of halogens is 2. The van der Waals surface area contributed by atoms with E-state index in [1.165, 1.54) is 18.5 Å². The summed E-state index contributed by atoms with van der Waals surface area (Å²) in [5.74, 6) is 0. The van der Waals surface area contributed by atoms with Crippen molar-refractivity contribution in [3.8, 4) is 11.3 Å². The number of pyridine rings is 1. The monoisotopic (exact) mass is 223 g/mol. The lowest BCUT2D eigenvalue weighted by Crippen LogP contribution is -1.96. The maximum atomic E-state index is 12.3. The Morgan fingerprint density at radius 3 is 2.81 bits per heavy atom. The lowest BCUT2D eigenvalue weighted by Gasteiger charge is -1.97. The molecule has 82 valence electrons. The van der Waals surface area contributed by atoms with Crippen LogP contribution >= 0.6 is 0 Å². The fourth-order valence-corrected chi connectivity index (χ4v) is 1.25. The fraction of sp³-hybridized carbons (Fsp3) is 0.100. The van der Waals surface area contributed by atoms with E-state index in [9.17, 15) is 13.6 Å². The molecule has 2 heterocycles. The smallest absolute Gasteiger partial charge is 0.296 e. The first kappa shape index (κ1) is 10.4. The van der Waals surface area contributed by atoms with Crippen LogP contribution in [0.2, 0.25) is 0 Å². The first-order valence-corrected chi connectivity index (χ1v) is 4.45. The summed E-state index contributed by atoms with van der Waals surface area (Å²) in [6.07, 6.45) is 3.06. The highest BCUT2D eigenvalue weighted by Gasteiger charge is 2.09. The normalized spacial score (nSPS) is 10.7. The summed E-state index contributed by atoms with van der Waals surface area (Å²) in [4.78, 5) is 14.5. The van der Waals surface area contributed by atoms with Gasteiger partial charge in [-0.2, -0.15) is 13.9 Å². The van der Waals surface area contributed by atoms with E-state index >= 15 is 0 Å². The molecule has 0 radical (unpaired) electrons. The summed E-state index contributed by atoms with van der Waals surface area (Å²) >= 11 is 0. The van der Waals surface area contributed by atoms with Crippen LogP contribution in [0.3, 0.4) is 0 Å². The minimum absolute atomic E-state index is 0.252. The third-order valence-corrected chi connectivity index (χ3v) is 1.99. The molecule has 0 saturated carbocycles. The van der Waals surface area contributed by atoms with E-state index in [4.69, 9.17) is 0 Å². The van der Waals surface area contributed by atoms with Gasteiger partial charge in [-0.1, -0.05) is 6.07 Å². The molecule has 0 fully saturated rings. The third kappa shape index (κ3) is 1.95. The van der Waals surface area contributed by atoms with Crippen molar-refractivity contribution < 1.29 is 13.6 Å². The first-order valence-electron chi connectivity index (χ1n) is 4.45. The van der Waals surface area contributed by atoms with Crippen molar-refractivity contribution in [3.63, 3.8) is 0 Å². The highest BCUT2D eigenvalue weighted by atomic mass is 19.3. The SMILES string of the molecule is O=Cc1cccc(-c2cnn(C(F)F)c2)n1. The van der Waals surface area contributed by atoms with Gasteiger partial charge in [0.1, 0.15) is 5.69 Å². The van der Waals surface area contributed by atoms with Crippen molar-refractivity contribution >= 4 is 6.29 Å². The number of aldehydes is 1. The van der Waals surface area contributed by atoms with Crippen LogP contribution in [0.5, 0.6) is 0 Å². The van der Waals surface area contributed by atoms with Crippen molar-refractivity contribution in [2.45, 2.75) is 6.55 Å². The standard InChI is InChI=1S/C10H7F2N3O/c11-10(12)15-5-7(4-13-15)9-3-1-2-8(6-16)14-9/h1-6,10H. The molecule has 0 atom stereocenters. The number of alkyl halides is 2. The number of nitrogens with zero attached hydrogens (tertiary/aromatic N) is 3. The Hall–Kier alpha value is -2.11. The molecule has 0 aliphatic carbocycles. The molecule has 0 N–H and O–H groups in total. The van der Waals surface area contributed by atoms with E-state index in [1.807, 2.05) is 0 Å². The molecule has 0 saturated heterocycles. The van der Waals surface area contributed by atoms with Crippen LogP contribution in [0.1, 0.15) is 17.0 Å². The Morgan fingerprint density at radius 2 is 2.19 bits per heavy atom. The van der Waals surface area contributed by atoms with Gasteiger partial charge in [0, 0.05) is 11.8 Å². The molecule has 16 heavy (non-hydrogen) atoms. The number of carbonyl (C=O) groups is 1. The molecule has 0 spiro atoms. The lowest BCUT2D eigenvalue weighted by molar-refractivity contribution is 0.0566. The van der Waals surface area contributed by atoms with Gasteiger partial charge in [-0.15, -0.1) is 0 Å². The number of rotatable bonds is 3. The van der Waals surface area contributed by atoms with Crippen LogP contribution in [0, 0.1) is 0 Å². The minimum atomic E-state index is -2.68. The highest BCUT2D eigenvalue weighted by Crippen LogP contribution is 2.18. The Balaban J connectivity index is 2.38. The molecule has 0 aromatic carbocycles. The molecular weight excluding hydrogens is 216 g/mol. The molecule has 0 aliphatic rings. The second-order valence-electron chi connectivity index (χ2n) is 3.05. The van der Waals surface area contributed by atoms with Crippen molar-refractivity contribution in [1.29, 1.82) is 0 Å². The van der Waals surface area contributed by atoms with Crippen molar-refractivity contribution in [2.75, 3.05) is 0 Å². The summed E-state index contributed by atoms with van der Waals surface area (Å²) in [7, 11) is 0. The molecule has 2 aromatic rings. The molecule has 4 nitrogen and oxygen atoms in total. The second kappa shape index (κ2) is 4.18. The van der Waals surface area contributed by atoms with Gasteiger partial charge in [-0.25, -0.2) is 9.67 Å². The van der Waals surface area contributed by atoms with Crippen LogP contribution in [0.4, 0.5) is 8.78 Å². The number of hydrogen-bond donors (Lipinski definition) is 0. The van der Waals surface area contributed by atoms with Crippen LogP contribution in [-0.2, 0) is 0 Å². The van der Waals surface area contributed by atoms with Crippen molar-refractivity contribution in [3.05, 3.63) is 36.3 Å². The predicted octanol–water partition coefficient (Wildman–Crippen LogP) is 2.15. The van der Waals surface area contributed by atoms with Gasteiger partial charge in [0.15, 0.2) is 6.29 Å². The average Bonchev–Trinajstić information content (AvgIpc) is 2.78. The van der Waals surface area contributed by atoms with E-state index < -0.39 is 6.55 Å². The molecule has 0 unspecified atom stereocenters. The van der Waals surface area contributed by atoms with Crippen molar-refractivity contribution in [1.82, 2.24) is 14.8 Å². The van der Waals surface area contributed by atoms with Gasteiger partial charge in [-0.05, 0) is 12.1 Å². The average molecular weight is 223 g/mol. The van der Waals surface area contributed by atoms with Crippen molar-refractivity contribution in [2.24, 2.45) is 0 Å². The quantitative estimate of drug-likeness (QED) is 0.749. The maximum absolute atomic E-state index is 12.3. The van der Waals surface area contributed by atoms with E-state index in [-0.39, 0.29) is 5.69 Å². The van der Waals surface area contributed by atoms with Gasteiger partial charge in [0.25, 0.3) is 0 Å². The zero-order valence-corrected chi connectivity index (χ0v) is 8.05. The van der Waals surface area contributed by atoms with Gasteiger partial charge < -0.3 is 0 Å². The topological polar surface area (TPSA) is 47.8 Å².